The quantitative estimate of drug-likeness (QED) is 0.670. The zero-order valence-corrected chi connectivity index (χ0v) is 14.6. The zero-order chi connectivity index (χ0) is 20.7. The highest BCUT2D eigenvalue weighted by molar-refractivity contribution is 5.94. The number of hydrogen-bond donors (Lipinski definition) is 1. The minimum atomic E-state index is -4.81. The summed E-state index contributed by atoms with van der Waals surface area (Å²) in [5.74, 6) is -0.916. The van der Waals surface area contributed by atoms with Gasteiger partial charge in [-0.2, -0.15) is 8.78 Å². The van der Waals surface area contributed by atoms with Crippen LogP contribution in [-0.2, 0) is 6.42 Å². The Morgan fingerprint density at radius 1 is 1.07 bits per heavy atom. The van der Waals surface area contributed by atoms with Gasteiger partial charge in [0.15, 0.2) is 11.5 Å². The number of carbonyl (C=O) groups is 1. The molecule has 5 nitrogen and oxygen atoms in total. The fourth-order valence-electron chi connectivity index (χ4n) is 2.30. The van der Waals surface area contributed by atoms with Gasteiger partial charge in [0.05, 0.1) is 7.11 Å². The highest BCUT2D eigenvalue weighted by atomic mass is 19.4. The molecule has 0 unspecified atom stereocenters. The average Bonchev–Trinajstić information content (AvgIpc) is 2.60. The molecule has 1 amide bonds. The molecule has 2 aromatic carbocycles. The van der Waals surface area contributed by atoms with E-state index in [0.29, 0.717) is 12.0 Å². The summed E-state index contributed by atoms with van der Waals surface area (Å²) < 4.78 is 74.2. The summed E-state index contributed by atoms with van der Waals surface area (Å²) in [6, 6.07) is 8.91. The summed E-state index contributed by atoms with van der Waals surface area (Å²) in [7, 11) is 1.32. The monoisotopic (exact) mass is 405 g/mol. The Kier molecular flexibility index (Phi) is 7.02. The minimum Gasteiger partial charge on any atom is -0.493 e. The number of halogens is 5. The summed E-state index contributed by atoms with van der Waals surface area (Å²) in [5, 5.41) is 2.58. The molecule has 0 heterocycles. The predicted molar refractivity (Wildman–Crippen MR) is 88.8 cm³/mol. The van der Waals surface area contributed by atoms with Crippen molar-refractivity contribution in [3.05, 3.63) is 53.6 Å². The van der Waals surface area contributed by atoms with Crippen LogP contribution in [0.4, 0.5) is 22.0 Å². The van der Waals surface area contributed by atoms with Crippen LogP contribution in [0.5, 0.6) is 17.2 Å². The van der Waals surface area contributed by atoms with E-state index >= 15 is 0 Å². The van der Waals surface area contributed by atoms with Gasteiger partial charge in [0.1, 0.15) is 5.75 Å². The van der Waals surface area contributed by atoms with Crippen LogP contribution in [0.25, 0.3) is 0 Å². The second-order valence-corrected chi connectivity index (χ2v) is 5.44. The molecule has 0 aromatic heterocycles. The van der Waals surface area contributed by atoms with E-state index in [9.17, 15) is 26.7 Å². The summed E-state index contributed by atoms with van der Waals surface area (Å²) in [6.07, 6.45) is -4.50. The largest absolute Gasteiger partial charge is 0.573 e. The van der Waals surface area contributed by atoms with Crippen LogP contribution >= 0.6 is 0 Å². The lowest BCUT2D eigenvalue weighted by atomic mass is 10.1. The molecule has 10 heteroatoms. The molecule has 0 spiro atoms. The highest BCUT2D eigenvalue weighted by Gasteiger charge is 2.31. The number of ether oxygens (including phenoxy) is 3. The number of alkyl halides is 5. The smallest absolute Gasteiger partial charge is 0.493 e. The second-order valence-electron chi connectivity index (χ2n) is 5.44. The van der Waals surface area contributed by atoms with Gasteiger partial charge in [-0.25, -0.2) is 0 Å². The van der Waals surface area contributed by atoms with Gasteiger partial charge in [0, 0.05) is 12.1 Å². The van der Waals surface area contributed by atoms with Crippen molar-refractivity contribution < 1.29 is 41.0 Å². The van der Waals surface area contributed by atoms with Gasteiger partial charge >= 0.3 is 13.0 Å². The third-order valence-electron chi connectivity index (χ3n) is 3.49. The van der Waals surface area contributed by atoms with E-state index in [0.717, 1.165) is 12.1 Å². The van der Waals surface area contributed by atoms with Crippen LogP contribution in [0, 0.1) is 0 Å². The molecule has 0 radical (unpaired) electrons. The van der Waals surface area contributed by atoms with Crippen molar-refractivity contribution in [2.45, 2.75) is 19.4 Å². The summed E-state index contributed by atoms with van der Waals surface area (Å²) >= 11 is 0. The van der Waals surface area contributed by atoms with E-state index in [4.69, 9.17) is 4.74 Å². The summed E-state index contributed by atoms with van der Waals surface area (Å²) in [4.78, 5) is 12.0. The number of rotatable bonds is 8. The molecule has 0 fully saturated rings. The van der Waals surface area contributed by atoms with Crippen molar-refractivity contribution in [2.75, 3.05) is 13.7 Å². The maximum atomic E-state index is 12.4. The van der Waals surface area contributed by atoms with E-state index in [-0.39, 0.29) is 23.6 Å². The Morgan fingerprint density at radius 3 is 2.32 bits per heavy atom. The fourth-order valence-corrected chi connectivity index (χ4v) is 2.30. The van der Waals surface area contributed by atoms with Crippen molar-refractivity contribution in [2.24, 2.45) is 0 Å². The Labute approximate surface area is 157 Å². The van der Waals surface area contributed by atoms with E-state index in [1.165, 1.54) is 31.4 Å². The van der Waals surface area contributed by atoms with E-state index in [2.05, 4.69) is 14.8 Å². The number of nitrogens with one attached hydrogen (secondary N) is 1. The Bertz CT molecular complexity index is 794. The van der Waals surface area contributed by atoms with Crippen LogP contribution in [-0.4, -0.2) is 32.5 Å². The van der Waals surface area contributed by atoms with Crippen LogP contribution < -0.4 is 19.5 Å². The molecule has 2 rings (SSSR count). The average molecular weight is 405 g/mol. The normalized spacial score (nSPS) is 11.2. The maximum Gasteiger partial charge on any atom is 0.573 e. The van der Waals surface area contributed by atoms with Crippen molar-refractivity contribution in [1.29, 1.82) is 0 Å². The highest BCUT2D eigenvalue weighted by Crippen LogP contribution is 2.29. The summed E-state index contributed by atoms with van der Waals surface area (Å²) in [5.41, 5.74) is 0.761. The van der Waals surface area contributed by atoms with Crippen molar-refractivity contribution in [1.82, 2.24) is 5.32 Å². The zero-order valence-electron chi connectivity index (χ0n) is 14.6. The van der Waals surface area contributed by atoms with Gasteiger partial charge in [0.25, 0.3) is 5.91 Å². The molecule has 0 aliphatic carbocycles. The molecule has 0 aliphatic rings. The third-order valence-corrected chi connectivity index (χ3v) is 3.49. The molecular weight excluding hydrogens is 389 g/mol. The standard InChI is InChI=1S/C18H16F5NO4/c1-26-14-7-2-11(10-15(14)27-17(19)20)8-9-24-16(25)12-3-5-13(6-4-12)28-18(21,22)23/h2-7,10,17H,8-9H2,1H3,(H,24,25). The van der Waals surface area contributed by atoms with Gasteiger partial charge in [-0.3, -0.25) is 4.79 Å². The molecule has 0 saturated heterocycles. The summed E-state index contributed by atoms with van der Waals surface area (Å²) in [6.45, 7) is -2.84. The van der Waals surface area contributed by atoms with E-state index in [1.807, 2.05) is 0 Å². The lowest BCUT2D eigenvalue weighted by Gasteiger charge is -2.12. The Balaban J connectivity index is 1.91. The second kappa shape index (κ2) is 9.25. The van der Waals surface area contributed by atoms with Gasteiger partial charge in [0.2, 0.25) is 0 Å². The van der Waals surface area contributed by atoms with Crippen LogP contribution in [0.1, 0.15) is 15.9 Å². The van der Waals surface area contributed by atoms with Gasteiger partial charge in [-0.15, -0.1) is 13.2 Å². The van der Waals surface area contributed by atoms with Gasteiger partial charge in [-0.05, 0) is 48.4 Å². The first-order chi connectivity index (χ1) is 13.2. The SMILES string of the molecule is COc1ccc(CCNC(=O)c2ccc(OC(F)(F)F)cc2)cc1OC(F)F. The first-order valence-corrected chi connectivity index (χ1v) is 7.93. The molecule has 0 atom stereocenters. The number of carbonyl (C=O) groups excluding carboxylic acids is 1. The molecule has 1 N–H and O–H groups in total. The predicted octanol–water partition coefficient (Wildman–Crippen LogP) is 4.17. The molecule has 0 bridgehead atoms. The minimum absolute atomic E-state index is 0.124. The number of amides is 1. The lowest BCUT2D eigenvalue weighted by molar-refractivity contribution is -0.274. The first-order valence-electron chi connectivity index (χ1n) is 7.93. The number of benzene rings is 2. The topological polar surface area (TPSA) is 56.8 Å². The van der Waals surface area contributed by atoms with Crippen LogP contribution in [0.3, 0.4) is 0 Å². The lowest BCUT2D eigenvalue weighted by Crippen LogP contribution is -2.25. The van der Waals surface area contributed by atoms with Crippen LogP contribution in [0.15, 0.2) is 42.5 Å². The van der Waals surface area contributed by atoms with Gasteiger partial charge < -0.3 is 19.5 Å². The van der Waals surface area contributed by atoms with Crippen molar-refractivity contribution >= 4 is 5.91 Å². The third kappa shape index (κ3) is 6.60. The van der Waals surface area contributed by atoms with Crippen LogP contribution in [0.2, 0.25) is 0 Å². The number of hydrogen-bond acceptors (Lipinski definition) is 4. The Morgan fingerprint density at radius 2 is 1.75 bits per heavy atom. The molecule has 0 aliphatic heterocycles. The first kappa shape index (κ1) is 21.3. The molecule has 2 aromatic rings. The van der Waals surface area contributed by atoms with E-state index in [1.54, 1.807) is 6.07 Å². The number of methoxy groups -OCH3 is 1. The molecule has 152 valence electrons. The van der Waals surface area contributed by atoms with E-state index < -0.39 is 24.6 Å². The molecule has 0 saturated carbocycles. The van der Waals surface area contributed by atoms with Crippen molar-refractivity contribution in [3.63, 3.8) is 0 Å². The maximum absolute atomic E-state index is 12.4. The van der Waals surface area contributed by atoms with Crippen molar-refractivity contribution in [3.8, 4) is 17.2 Å². The van der Waals surface area contributed by atoms with Gasteiger partial charge in [-0.1, -0.05) is 6.07 Å². The molecule has 28 heavy (non-hydrogen) atoms. The Hall–Kier alpha value is -3.04. The fraction of sp³-hybridized carbons (Fsp3) is 0.278. The molecular formula is C18H16F5NO4.